The third-order valence-electron chi connectivity index (χ3n) is 5.09. The molecule has 5 rings (SSSR count). The van der Waals surface area contributed by atoms with E-state index in [1.165, 1.54) is 32.8 Å². The molecule has 2 nitrogen and oxygen atoms in total. The Balaban J connectivity index is 2.19. The van der Waals surface area contributed by atoms with E-state index in [0.29, 0.717) is 0 Å². The van der Waals surface area contributed by atoms with Gasteiger partial charge in [0.1, 0.15) is 5.65 Å². The van der Waals surface area contributed by atoms with E-state index in [9.17, 15) is 0 Å². The summed E-state index contributed by atoms with van der Waals surface area (Å²) in [6.45, 7) is 6.85. The molecule has 0 unspecified atom stereocenters. The standard InChI is InChI=1S/C23H20N2/c1-23(2,3)17-11-8-14-20-21(17)15-9-4-5-10-16(15)22-24-18-12-6-7-13-19(18)25(20)22/h4-14H,1-3H3. The van der Waals surface area contributed by atoms with Gasteiger partial charge in [0.2, 0.25) is 0 Å². The summed E-state index contributed by atoms with van der Waals surface area (Å²) < 4.78 is 2.32. The minimum atomic E-state index is 0.0757. The first-order valence-corrected chi connectivity index (χ1v) is 8.77. The largest absolute Gasteiger partial charge is 0.292 e. The van der Waals surface area contributed by atoms with Gasteiger partial charge < -0.3 is 0 Å². The topological polar surface area (TPSA) is 17.3 Å². The highest BCUT2D eigenvalue weighted by atomic mass is 15.0. The summed E-state index contributed by atoms with van der Waals surface area (Å²) >= 11 is 0. The zero-order chi connectivity index (χ0) is 17.2. The first-order chi connectivity index (χ1) is 12.1. The Morgan fingerprint density at radius 1 is 0.720 bits per heavy atom. The molecule has 2 heteroatoms. The highest BCUT2D eigenvalue weighted by molar-refractivity contribution is 6.15. The van der Waals surface area contributed by atoms with Crippen LogP contribution in [0.5, 0.6) is 0 Å². The molecule has 2 aromatic heterocycles. The van der Waals surface area contributed by atoms with E-state index in [1.807, 2.05) is 0 Å². The Hall–Kier alpha value is -2.87. The third-order valence-corrected chi connectivity index (χ3v) is 5.09. The average Bonchev–Trinajstić information content (AvgIpc) is 3.00. The van der Waals surface area contributed by atoms with Gasteiger partial charge in [-0.1, -0.05) is 69.3 Å². The van der Waals surface area contributed by atoms with Gasteiger partial charge in [0.15, 0.2) is 0 Å². The maximum atomic E-state index is 4.95. The SMILES string of the molecule is CC(C)(C)c1cccc2c1c1ccccc1c1nc3ccccc3n21. The molecule has 3 aromatic carbocycles. The molecule has 0 amide bonds. The quantitative estimate of drug-likeness (QED) is 0.315. The molecule has 0 spiro atoms. The van der Waals surface area contributed by atoms with E-state index in [1.54, 1.807) is 0 Å². The molecule has 2 heterocycles. The van der Waals surface area contributed by atoms with Crippen LogP contribution in [0.4, 0.5) is 0 Å². The van der Waals surface area contributed by atoms with Crippen LogP contribution >= 0.6 is 0 Å². The van der Waals surface area contributed by atoms with Crippen molar-refractivity contribution in [1.29, 1.82) is 0 Å². The van der Waals surface area contributed by atoms with Gasteiger partial charge in [0.25, 0.3) is 0 Å². The van der Waals surface area contributed by atoms with Gasteiger partial charge in [-0.15, -0.1) is 0 Å². The molecule has 0 aliphatic rings. The molecule has 0 saturated heterocycles. The van der Waals surface area contributed by atoms with Crippen LogP contribution in [0.25, 0.3) is 38.4 Å². The summed E-state index contributed by atoms with van der Waals surface area (Å²) in [6, 6.07) is 23.7. The van der Waals surface area contributed by atoms with Crippen LogP contribution in [0.2, 0.25) is 0 Å². The zero-order valence-electron chi connectivity index (χ0n) is 14.7. The van der Waals surface area contributed by atoms with Crippen LogP contribution in [0.15, 0.2) is 66.7 Å². The molecule has 0 N–H and O–H groups in total. The van der Waals surface area contributed by atoms with Crippen molar-refractivity contribution >= 4 is 38.4 Å². The molecule has 0 radical (unpaired) electrons. The van der Waals surface area contributed by atoms with E-state index < -0.39 is 0 Å². The van der Waals surface area contributed by atoms with E-state index >= 15 is 0 Å². The highest BCUT2D eigenvalue weighted by Crippen LogP contribution is 2.37. The number of pyridine rings is 1. The zero-order valence-corrected chi connectivity index (χ0v) is 14.7. The maximum absolute atomic E-state index is 4.95. The summed E-state index contributed by atoms with van der Waals surface area (Å²) in [5.41, 5.74) is 5.93. The van der Waals surface area contributed by atoms with E-state index in [-0.39, 0.29) is 5.41 Å². The van der Waals surface area contributed by atoms with Crippen LogP contribution in [0, 0.1) is 0 Å². The Morgan fingerprint density at radius 3 is 2.20 bits per heavy atom. The number of hydrogen-bond acceptors (Lipinski definition) is 1. The fourth-order valence-electron chi connectivity index (χ4n) is 3.98. The first-order valence-electron chi connectivity index (χ1n) is 8.77. The lowest BCUT2D eigenvalue weighted by molar-refractivity contribution is 0.596. The van der Waals surface area contributed by atoms with Gasteiger partial charge in [-0.05, 0) is 34.6 Å². The lowest BCUT2D eigenvalue weighted by Gasteiger charge is -2.23. The Morgan fingerprint density at radius 2 is 1.40 bits per heavy atom. The number of fused-ring (bicyclic) bond motifs is 8. The molecule has 25 heavy (non-hydrogen) atoms. The summed E-state index contributed by atoms with van der Waals surface area (Å²) in [5.74, 6) is 0. The molecule has 0 aliphatic carbocycles. The van der Waals surface area contributed by atoms with Crippen LogP contribution in [0.3, 0.4) is 0 Å². The molecule has 122 valence electrons. The second kappa shape index (κ2) is 4.82. The van der Waals surface area contributed by atoms with Crippen LogP contribution in [-0.4, -0.2) is 9.38 Å². The number of aromatic nitrogens is 2. The van der Waals surface area contributed by atoms with Gasteiger partial charge >= 0.3 is 0 Å². The molecule has 5 aromatic rings. The van der Waals surface area contributed by atoms with Crippen molar-refractivity contribution in [3.8, 4) is 0 Å². The second-order valence-electron chi connectivity index (χ2n) is 7.75. The van der Waals surface area contributed by atoms with Gasteiger partial charge in [0.05, 0.1) is 16.6 Å². The maximum Gasteiger partial charge on any atom is 0.146 e. The lowest BCUT2D eigenvalue weighted by Crippen LogP contribution is -2.12. The second-order valence-corrected chi connectivity index (χ2v) is 7.75. The average molecular weight is 324 g/mol. The highest BCUT2D eigenvalue weighted by Gasteiger charge is 2.21. The minimum absolute atomic E-state index is 0.0757. The van der Waals surface area contributed by atoms with Crippen molar-refractivity contribution in [2.24, 2.45) is 0 Å². The Labute approximate surface area is 146 Å². The molecule has 0 bridgehead atoms. The van der Waals surface area contributed by atoms with Crippen molar-refractivity contribution < 1.29 is 0 Å². The Kier molecular flexibility index (Phi) is 2.79. The summed E-state index contributed by atoms with van der Waals surface area (Å²) in [6.07, 6.45) is 0. The molecular formula is C23H20N2. The molecule has 0 saturated carbocycles. The van der Waals surface area contributed by atoms with Crippen molar-refractivity contribution in [3.63, 3.8) is 0 Å². The fraction of sp³-hybridized carbons (Fsp3) is 0.174. The normalized spacial score (nSPS) is 12.6. The van der Waals surface area contributed by atoms with Crippen LogP contribution in [-0.2, 0) is 5.41 Å². The van der Waals surface area contributed by atoms with Gasteiger partial charge in [0, 0.05) is 10.8 Å². The predicted octanol–water partition coefficient (Wildman–Crippen LogP) is 6.09. The summed E-state index contributed by atoms with van der Waals surface area (Å²) in [5, 5.41) is 3.83. The van der Waals surface area contributed by atoms with Crippen LogP contribution < -0.4 is 0 Å². The first kappa shape index (κ1) is 14.5. The molecule has 0 aliphatic heterocycles. The number of nitrogens with zero attached hydrogens (tertiary/aromatic N) is 2. The molecular weight excluding hydrogens is 304 g/mol. The Bertz CT molecular complexity index is 1270. The number of benzene rings is 3. The summed E-state index contributed by atoms with van der Waals surface area (Å²) in [7, 11) is 0. The van der Waals surface area contributed by atoms with Gasteiger partial charge in [-0.2, -0.15) is 0 Å². The smallest absolute Gasteiger partial charge is 0.146 e. The molecule has 0 atom stereocenters. The van der Waals surface area contributed by atoms with Crippen molar-refractivity contribution in [2.75, 3.05) is 0 Å². The predicted molar refractivity (Wildman–Crippen MR) is 106 cm³/mol. The van der Waals surface area contributed by atoms with Gasteiger partial charge in [-0.25, -0.2) is 4.98 Å². The number of para-hydroxylation sites is 2. The number of rotatable bonds is 0. The lowest BCUT2D eigenvalue weighted by atomic mass is 9.83. The van der Waals surface area contributed by atoms with Crippen LogP contribution in [0.1, 0.15) is 26.3 Å². The fourth-order valence-corrected chi connectivity index (χ4v) is 3.98. The van der Waals surface area contributed by atoms with Crippen molar-refractivity contribution in [2.45, 2.75) is 26.2 Å². The minimum Gasteiger partial charge on any atom is -0.292 e. The third kappa shape index (κ3) is 1.94. The summed E-state index contributed by atoms with van der Waals surface area (Å²) in [4.78, 5) is 4.95. The number of hydrogen-bond donors (Lipinski definition) is 0. The number of imidazole rings is 1. The van der Waals surface area contributed by atoms with Crippen molar-refractivity contribution in [1.82, 2.24) is 9.38 Å². The monoisotopic (exact) mass is 324 g/mol. The van der Waals surface area contributed by atoms with E-state index in [0.717, 1.165) is 11.2 Å². The van der Waals surface area contributed by atoms with E-state index in [4.69, 9.17) is 4.98 Å². The van der Waals surface area contributed by atoms with Gasteiger partial charge in [-0.3, -0.25) is 4.40 Å². The van der Waals surface area contributed by atoms with Crippen molar-refractivity contribution in [3.05, 3.63) is 72.3 Å². The molecule has 0 fully saturated rings. The van der Waals surface area contributed by atoms with E-state index in [2.05, 4.69) is 91.9 Å².